The summed E-state index contributed by atoms with van der Waals surface area (Å²) in [4.78, 5) is 14.2. The van der Waals surface area contributed by atoms with Crippen LogP contribution in [0.15, 0.2) is 12.1 Å². The minimum absolute atomic E-state index is 0. The summed E-state index contributed by atoms with van der Waals surface area (Å²) in [5.41, 5.74) is 0.494. The number of amides is 1. The van der Waals surface area contributed by atoms with Gasteiger partial charge >= 0.3 is 0 Å². The zero-order valence-electron chi connectivity index (χ0n) is 12.8. The number of carbonyl (C=O) groups excluding carboxylic acids is 1. The molecule has 1 amide bonds. The number of hydrogen-bond donors (Lipinski definition) is 1. The number of nitrogens with one attached hydrogen (secondary N) is 1. The topological polar surface area (TPSA) is 50.8 Å². The summed E-state index contributed by atoms with van der Waals surface area (Å²) < 4.78 is 24.9. The summed E-state index contributed by atoms with van der Waals surface area (Å²) in [5.74, 6) is -0.644. The van der Waals surface area contributed by atoms with E-state index in [9.17, 15) is 9.18 Å². The molecule has 3 rings (SSSR count). The summed E-state index contributed by atoms with van der Waals surface area (Å²) in [6.07, 6.45) is -0.969. The second kappa shape index (κ2) is 8.65. The average Bonchev–Trinajstić information content (AvgIpc) is 2.58. The van der Waals surface area contributed by atoms with Gasteiger partial charge in [-0.25, -0.2) is 4.39 Å². The molecule has 0 radical (unpaired) electrons. The fraction of sp³-hybridized carbons (Fsp3) is 0.533. The number of nitrogens with zero attached hydrogens (tertiary/aromatic N) is 1. The van der Waals surface area contributed by atoms with E-state index >= 15 is 0 Å². The van der Waals surface area contributed by atoms with Crippen molar-refractivity contribution in [1.82, 2.24) is 10.2 Å². The van der Waals surface area contributed by atoms with Crippen molar-refractivity contribution in [2.24, 2.45) is 0 Å². The maximum Gasteiger partial charge on any atom is 0.253 e. The van der Waals surface area contributed by atoms with Gasteiger partial charge in [0.15, 0.2) is 0 Å². The molecule has 2 unspecified atom stereocenters. The van der Waals surface area contributed by atoms with Crippen molar-refractivity contribution in [3.05, 3.63) is 33.6 Å². The molecule has 9 heteroatoms. The summed E-state index contributed by atoms with van der Waals surface area (Å²) >= 11 is 11.9. The number of morpholine rings is 2. The first-order valence-electron chi connectivity index (χ1n) is 7.43. The third-order valence-electron chi connectivity index (χ3n) is 3.97. The molecule has 2 heterocycles. The van der Waals surface area contributed by atoms with Crippen molar-refractivity contribution in [2.75, 3.05) is 39.4 Å². The van der Waals surface area contributed by atoms with Crippen LogP contribution in [-0.2, 0) is 14.3 Å². The summed E-state index contributed by atoms with van der Waals surface area (Å²) in [5, 5.41) is 3.42. The summed E-state index contributed by atoms with van der Waals surface area (Å²) in [7, 11) is 0. The second-order valence-electron chi connectivity index (χ2n) is 5.50. The highest BCUT2D eigenvalue weighted by molar-refractivity contribution is 6.35. The zero-order valence-corrected chi connectivity index (χ0v) is 15.1. The molecule has 1 aromatic carbocycles. The van der Waals surface area contributed by atoms with E-state index in [2.05, 4.69) is 5.32 Å². The van der Waals surface area contributed by atoms with E-state index in [0.717, 1.165) is 6.54 Å². The maximum atomic E-state index is 13.7. The monoisotopic (exact) mass is 398 g/mol. The Balaban J connectivity index is 0.00000208. The first-order chi connectivity index (χ1) is 11.1. The molecule has 0 saturated carbocycles. The fourth-order valence-corrected chi connectivity index (χ4v) is 3.25. The Labute approximate surface area is 155 Å². The third-order valence-corrected chi connectivity index (χ3v) is 4.58. The highest BCUT2D eigenvalue weighted by atomic mass is 35.5. The standard InChI is InChI=1S/C15H17Cl2FN2O3.ClH/c16-10-6-11(17)12(18)5-9(10)14-8-20(2-4-23-14)15(21)13-7-19-1-3-22-13;/h5-6,13-14,19H,1-4,7-8H2;1H. The molecule has 2 atom stereocenters. The van der Waals surface area contributed by atoms with Gasteiger partial charge < -0.3 is 19.7 Å². The molecule has 2 saturated heterocycles. The number of carbonyl (C=O) groups is 1. The number of ether oxygens (including phenoxy) is 2. The first kappa shape index (κ1) is 19.7. The van der Waals surface area contributed by atoms with E-state index < -0.39 is 18.0 Å². The van der Waals surface area contributed by atoms with Gasteiger partial charge in [0.05, 0.1) is 24.8 Å². The molecule has 0 spiro atoms. The van der Waals surface area contributed by atoms with Crippen LogP contribution in [-0.4, -0.2) is 56.3 Å². The van der Waals surface area contributed by atoms with E-state index in [1.54, 1.807) is 4.90 Å². The van der Waals surface area contributed by atoms with E-state index in [-0.39, 0.29) is 23.3 Å². The molecular weight excluding hydrogens is 382 g/mol. The summed E-state index contributed by atoms with van der Waals surface area (Å²) in [6, 6.07) is 2.62. The van der Waals surface area contributed by atoms with Crippen molar-refractivity contribution < 1.29 is 18.7 Å². The Kier molecular flexibility index (Phi) is 7.10. The first-order valence-corrected chi connectivity index (χ1v) is 8.19. The molecular formula is C15H18Cl3FN2O3. The Morgan fingerprint density at radius 3 is 2.75 bits per heavy atom. The molecule has 2 aliphatic rings. The number of rotatable bonds is 2. The van der Waals surface area contributed by atoms with Crippen molar-refractivity contribution >= 4 is 41.5 Å². The van der Waals surface area contributed by atoms with Crippen LogP contribution in [0.3, 0.4) is 0 Å². The SMILES string of the molecule is Cl.O=C(C1CNCCO1)N1CCOC(c2cc(F)c(Cl)cc2Cl)C1. The Hall–Kier alpha value is -0.630. The second-order valence-corrected chi connectivity index (χ2v) is 6.31. The van der Waals surface area contributed by atoms with Gasteiger partial charge in [0.25, 0.3) is 5.91 Å². The van der Waals surface area contributed by atoms with Crippen LogP contribution in [0.25, 0.3) is 0 Å². The lowest BCUT2D eigenvalue weighted by molar-refractivity contribution is -0.152. The third kappa shape index (κ3) is 4.31. The van der Waals surface area contributed by atoms with Crippen molar-refractivity contribution in [1.29, 1.82) is 0 Å². The van der Waals surface area contributed by atoms with Crippen LogP contribution in [0.5, 0.6) is 0 Å². The molecule has 0 aliphatic carbocycles. The van der Waals surface area contributed by atoms with Crippen LogP contribution in [0.4, 0.5) is 4.39 Å². The molecule has 1 aromatic rings. The Morgan fingerprint density at radius 1 is 1.25 bits per heavy atom. The van der Waals surface area contributed by atoms with Crippen LogP contribution in [0.1, 0.15) is 11.7 Å². The van der Waals surface area contributed by atoms with Crippen molar-refractivity contribution in [2.45, 2.75) is 12.2 Å². The molecule has 2 aliphatic heterocycles. The highest BCUT2D eigenvalue weighted by Gasteiger charge is 2.32. The van der Waals surface area contributed by atoms with E-state index in [4.69, 9.17) is 32.7 Å². The zero-order chi connectivity index (χ0) is 16.4. The lowest BCUT2D eigenvalue weighted by Gasteiger charge is -2.36. The van der Waals surface area contributed by atoms with E-state index in [1.807, 2.05) is 0 Å². The van der Waals surface area contributed by atoms with E-state index in [1.165, 1.54) is 12.1 Å². The maximum absolute atomic E-state index is 13.7. The normalized spacial score (nSPS) is 24.4. The fourth-order valence-electron chi connectivity index (χ4n) is 2.75. The lowest BCUT2D eigenvalue weighted by Crippen LogP contribution is -2.52. The quantitative estimate of drug-likeness (QED) is 0.776. The van der Waals surface area contributed by atoms with Gasteiger partial charge in [-0.1, -0.05) is 23.2 Å². The van der Waals surface area contributed by atoms with Crippen molar-refractivity contribution in [3.63, 3.8) is 0 Å². The molecule has 0 aromatic heterocycles. The molecule has 24 heavy (non-hydrogen) atoms. The highest BCUT2D eigenvalue weighted by Crippen LogP contribution is 2.32. The van der Waals surface area contributed by atoms with Gasteiger partial charge in [-0.15, -0.1) is 12.4 Å². The van der Waals surface area contributed by atoms with Gasteiger partial charge in [0.1, 0.15) is 18.0 Å². The number of benzene rings is 1. The van der Waals surface area contributed by atoms with Gasteiger partial charge in [-0.05, 0) is 12.1 Å². The molecule has 134 valence electrons. The minimum Gasteiger partial charge on any atom is -0.370 e. The number of hydrogen-bond acceptors (Lipinski definition) is 4. The van der Waals surface area contributed by atoms with Gasteiger partial charge in [0.2, 0.25) is 0 Å². The molecule has 1 N–H and O–H groups in total. The Morgan fingerprint density at radius 2 is 2.04 bits per heavy atom. The smallest absolute Gasteiger partial charge is 0.253 e. The molecule has 0 bridgehead atoms. The van der Waals surface area contributed by atoms with Crippen molar-refractivity contribution in [3.8, 4) is 0 Å². The van der Waals surface area contributed by atoms with Gasteiger partial charge in [0, 0.05) is 30.2 Å². The predicted octanol–water partition coefficient (Wildman–Crippen LogP) is 2.44. The average molecular weight is 400 g/mol. The lowest BCUT2D eigenvalue weighted by atomic mass is 10.1. The minimum atomic E-state index is -0.557. The Bertz CT molecular complexity index is 600. The van der Waals surface area contributed by atoms with Gasteiger partial charge in [-0.3, -0.25) is 4.79 Å². The van der Waals surface area contributed by atoms with Crippen LogP contribution < -0.4 is 5.32 Å². The van der Waals surface area contributed by atoms with Crippen LogP contribution >= 0.6 is 35.6 Å². The predicted molar refractivity (Wildman–Crippen MR) is 91.6 cm³/mol. The summed E-state index contributed by atoms with van der Waals surface area (Å²) in [6.45, 7) is 2.89. The van der Waals surface area contributed by atoms with E-state index in [0.29, 0.717) is 43.4 Å². The number of halogens is 4. The molecule has 2 fully saturated rings. The largest absolute Gasteiger partial charge is 0.370 e. The van der Waals surface area contributed by atoms with Gasteiger partial charge in [-0.2, -0.15) is 0 Å². The molecule has 5 nitrogen and oxygen atoms in total. The van der Waals surface area contributed by atoms with Crippen LogP contribution in [0, 0.1) is 5.82 Å². The van der Waals surface area contributed by atoms with Crippen LogP contribution in [0.2, 0.25) is 10.0 Å².